The molecule has 8 heteroatoms. The number of ether oxygens (including phenoxy) is 1. The SMILES string of the molecule is COC1(c2nc(-c3cnccn3)no2)CCN([C@@H]2Cc3ccccc3[C@H]2O)CC1. The van der Waals surface area contributed by atoms with Gasteiger partial charge in [-0.1, -0.05) is 29.4 Å². The Bertz CT molecular complexity index is 985. The van der Waals surface area contributed by atoms with Gasteiger partial charge in [0.2, 0.25) is 5.82 Å². The molecule has 0 spiro atoms. The van der Waals surface area contributed by atoms with E-state index in [-0.39, 0.29) is 6.04 Å². The van der Waals surface area contributed by atoms with Gasteiger partial charge in [-0.05, 0) is 30.4 Å². The van der Waals surface area contributed by atoms with Crippen molar-refractivity contribution >= 4 is 0 Å². The average Bonchev–Trinajstić information content (AvgIpc) is 3.41. The van der Waals surface area contributed by atoms with E-state index in [1.807, 2.05) is 18.2 Å². The molecular formula is C21H23N5O3. The quantitative estimate of drug-likeness (QED) is 0.720. The minimum Gasteiger partial charge on any atom is -0.387 e. The number of hydrogen-bond acceptors (Lipinski definition) is 8. The van der Waals surface area contributed by atoms with E-state index in [4.69, 9.17) is 9.26 Å². The largest absolute Gasteiger partial charge is 0.387 e. The molecule has 3 aromatic rings. The number of nitrogens with zero attached hydrogens (tertiary/aromatic N) is 5. The fraction of sp³-hybridized carbons (Fsp3) is 0.429. The molecular weight excluding hydrogens is 370 g/mol. The Hall–Kier alpha value is -2.68. The zero-order chi connectivity index (χ0) is 19.8. The summed E-state index contributed by atoms with van der Waals surface area (Å²) in [7, 11) is 1.68. The molecule has 29 heavy (non-hydrogen) atoms. The molecule has 2 aliphatic rings. The molecule has 0 amide bonds. The molecule has 3 heterocycles. The van der Waals surface area contributed by atoms with E-state index in [1.165, 1.54) is 5.56 Å². The van der Waals surface area contributed by atoms with Crippen LogP contribution >= 0.6 is 0 Å². The number of rotatable bonds is 4. The van der Waals surface area contributed by atoms with Crippen molar-refractivity contribution in [3.8, 4) is 11.5 Å². The average molecular weight is 393 g/mol. The van der Waals surface area contributed by atoms with Gasteiger partial charge in [-0.25, -0.2) is 4.98 Å². The highest BCUT2D eigenvalue weighted by molar-refractivity contribution is 5.45. The van der Waals surface area contributed by atoms with E-state index in [2.05, 4.69) is 31.1 Å². The van der Waals surface area contributed by atoms with E-state index >= 15 is 0 Å². The molecule has 1 N–H and O–H groups in total. The lowest BCUT2D eigenvalue weighted by molar-refractivity contribution is -0.0950. The molecule has 8 nitrogen and oxygen atoms in total. The Morgan fingerprint density at radius 3 is 2.76 bits per heavy atom. The maximum Gasteiger partial charge on any atom is 0.259 e. The summed E-state index contributed by atoms with van der Waals surface area (Å²) >= 11 is 0. The summed E-state index contributed by atoms with van der Waals surface area (Å²) in [5.74, 6) is 0.879. The van der Waals surface area contributed by atoms with Gasteiger partial charge in [-0.15, -0.1) is 0 Å². The predicted octanol–water partition coefficient (Wildman–Crippen LogP) is 2.12. The molecule has 150 valence electrons. The van der Waals surface area contributed by atoms with Crippen LogP contribution < -0.4 is 0 Å². The Morgan fingerprint density at radius 1 is 1.21 bits per heavy atom. The molecule has 5 rings (SSSR count). The highest BCUT2D eigenvalue weighted by atomic mass is 16.5. The van der Waals surface area contributed by atoms with Gasteiger partial charge in [-0.3, -0.25) is 9.88 Å². The monoisotopic (exact) mass is 393 g/mol. The van der Waals surface area contributed by atoms with Gasteiger partial charge < -0.3 is 14.4 Å². The van der Waals surface area contributed by atoms with Gasteiger partial charge in [0.25, 0.3) is 5.89 Å². The van der Waals surface area contributed by atoms with Gasteiger partial charge in [0.15, 0.2) is 0 Å². The fourth-order valence-electron chi connectivity index (χ4n) is 4.53. The second kappa shape index (κ2) is 7.29. The maximum absolute atomic E-state index is 10.8. The molecule has 0 unspecified atom stereocenters. The molecule has 1 fully saturated rings. The first-order valence-corrected chi connectivity index (χ1v) is 9.86. The summed E-state index contributed by atoms with van der Waals surface area (Å²) in [4.78, 5) is 15.2. The van der Waals surface area contributed by atoms with E-state index in [0.29, 0.717) is 30.3 Å². The number of methoxy groups -OCH3 is 1. The summed E-state index contributed by atoms with van der Waals surface area (Å²) in [6.07, 6.45) is 6.65. The van der Waals surface area contributed by atoms with Crippen molar-refractivity contribution in [1.82, 2.24) is 25.0 Å². The first-order valence-electron chi connectivity index (χ1n) is 9.86. The van der Waals surface area contributed by atoms with Crippen molar-refractivity contribution in [3.63, 3.8) is 0 Å². The van der Waals surface area contributed by atoms with Crippen LogP contribution in [0.5, 0.6) is 0 Å². The Morgan fingerprint density at radius 2 is 2.03 bits per heavy atom. The lowest BCUT2D eigenvalue weighted by atomic mass is 9.89. The van der Waals surface area contributed by atoms with E-state index in [0.717, 1.165) is 25.1 Å². The van der Waals surface area contributed by atoms with Crippen LogP contribution in [0.1, 0.15) is 36.0 Å². The summed E-state index contributed by atoms with van der Waals surface area (Å²) in [6.45, 7) is 1.57. The van der Waals surface area contributed by atoms with Crippen molar-refractivity contribution in [2.24, 2.45) is 0 Å². The van der Waals surface area contributed by atoms with Crippen molar-refractivity contribution in [2.75, 3.05) is 20.2 Å². The zero-order valence-electron chi connectivity index (χ0n) is 16.2. The molecule has 1 aromatic carbocycles. The number of aliphatic hydroxyl groups excluding tert-OH is 1. The van der Waals surface area contributed by atoms with Crippen LogP contribution in [0.3, 0.4) is 0 Å². The number of aliphatic hydroxyl groups is 1. The van der Waals surface area contributed by atoms with Gasteiger partial charge in [0.1, 0.15) is 11.3 Å². The summed E-state index contributed by atoms with van der Waals surface area (Å²) < 4.78 is 11.5. The highest BCUT2D eigenvalue weighted by Gasteiger charge is 2.45. The second-order valence-electron chi connectivity index (χ2n) is 7.66. The van der Waals surface area contributed by atoms with Gasteiger partial charge in [0.05, 0.1) is 12.3 Å². The number of fused-ring (bicyclic) bond motifs is 1. The van der Waals surface area contributed by atoms with Crippen LogP contribution in [0.15, 0.2) is 47.4 Å². The molecule has 2 atom stereocenters. The second-order valence-corrected chi connectivity index (χ2v) is 7.66. The van der Waals surface area contributed by atoms with Crippen LogP contribution in [0.25, 0.3) is 11.5 Å². The van der Waals surface area contributed by atoms with Crippen LogP contribution in [0, 0.1) is 0 Å². The van der Waals surface area contributed by atoms with Crippen LogP contribution in [0.2, 0.25) is 0 Å². The normalized spacial score (nSPS) is 23.8. The summed E-state index contributed by atoms with van der Waals surface area (Å²) in [6, 6.07) is 8.25. The van der Waals surface area contributed by atoms with Crippen molar-refractivity contribution in [2.45, 2.75) is 37.0 Å². The molecule has 1 aliphatic carbocycles. The first kappa shape index (κ1) is 18.4. The third-order valence-corrected chi connectivity index (χ3v) is 6.24. The Labute approximate surface area is 168 Å². The number of benzene rings is 1. The number of likely N-dealkylation sites (tertiary alicyclic amines) is 1. The van der Waals surface area contributed by atoms with Gasteiger partial charge in [-0.2, -0.15) is 4.98 Å². The Kier molecular flexibility index (Phi) is 4.61. The van der Waals surface area contributed by atoms with E-state index < -0.39 is 11.7 Å². The van der Waals surface area contributed by atoms with Crippen LogP contribution in [-0.4, -0.2) is 56.4 Å². The van der Waals surface area contributed by atoms with E-state index in [9.17, 15) is 5.11 Å². The smallest absolute Gasteiger partial charge is 0.259 e. The standard InChI is InChI=1S/C21H23N5O3/c1-28-21(20-24-19(25-29-20)16-13-22-8-9-23-16)6-10-26(11-7-21)17-12-14-4-2-3-5-15(14)18(17)27/h2-5,8-9,13,17-18,27H,6-7,10-12H2,1H3/t17-,18-/m1/s1. The molecule has 0 saturated carbocycles. The topological polar surface area (TPSA) is 97.4 Å². The number of hydrogen-bond donors (Lipinski definition) is 1. The van der Waals surface area contributed by atoms with Crippen molar-refractivity contribution in [3.05, 3.63) is 59.9 Å². The third kappa shape index (κ3) is 3.13. The lowest BCUT2D eigenvalue weighted by Gasteiger charge is -2.41. The third-order valence-electron chi connectivity index (χ3n) is 6.24. The zero-order valence-corrected chi connectivity index (χ0v) is 16.2. The van der Waals surface area contributed by atoms with Gasteiger partial charge >= 0.3 is 0 Å². The predicted molar refractivity (Wildman–Crippen MR) is 104 cm³/mol. The minimum atomic E-state index is -0.625. The van der Waals surface area contributed by atoms with Crippen molar-refractivity contribution in [1.29, 1.82) is 0 Å². The molecule has 0 radical (unpaired) electrons. The maximum atomic E-state index is 10.8. The number of piperidine rings is 1. The minimum absolute atomic E-state index is 0.0973. The molecule has 2 aromatic heterocycles. The molecule has 1 saturated heterocycles. The summed E-state index contributed by atoms with van der Waals surface area (Å²) in [5.41, 5.74) is 2.23. The van der Waals surface area contributed by atoms with Crippen LogP contribution in [-0.2, 0) is 16.8 Å². The van der Waals surface area contributed by atoms with Crippen molar-refractivity contribution < 1.29 is 14.4 Å². The Balaban J connectivity index is 1.32. The summed E-state index contributed by atoms with van der Waals surface area (Å²) in [5, 5.41) is 14.9. The molecule has 1 aliphatic heterocycles. The van der Waals surface area contributed by atoms with Crippen LogP contribution in [0.4, 0.5) is 0 Å². The van der Waals surface area contributed by atoms with Gasteiger partial charge in [0, 0.05) is 38.6 Å². The molecule has 0 bridgehead atoms. The first-order chi connectivity index (χ1) is 14.2. The highest BCUT2D eigenvalue weighted by Crippen LogP contribution is 2.40. The van der Waals surface area contributed by atoms with E-state index in [1.54, 1.807) is 25.7 Å². The fourth-order valence-corrected chi connectivity index (χ4v) is 4.53. The number of aromatic nitrogens is 4. The lowest BCUT2D eigenvalue weighted by Crippen LogP contribution is -2.49.